The minimum Gasteiger partial charge on any atom is -0.491 e. The van der Waals surface area contributed by atoms with Gasteiger partial charge in [0.2, 0.25) is 0 Å². The lowest BCUT2D eigenvalue weighted by molar-refractivity contribution is 0.110. The maximum atomic E-state index is 5.92. The van der Waals surface area contributed by atoms with Crippen molar-refractivity contribution in [1.29, 1.82) is 0 Å². The Morgan fingerprint density at radius 3 is 2.52 bits per heavy atom. The first kappa shape index (κ1) is 25.2. The highest BCUT2D eigenvalue weighted by Gasteiger charge is 2.06. The first-order valence-electron chi connectivity index (χ1n) is 11.0. The van der Waals surface area contributed by atoms with Gasteiger partial charge in [0.25, 0.3) is 0 Å². The predicted molar refractivity (Wildman–Crippen MR) is 123 cm³/mol. The van der Waals surface area contributed by atoms with Gasteiger partial charge in [-0.05, 0) is 59.0 Å². The molecule has 0 aliphatic heterocycles. The Kier molecular flexibility index (Phi) is 14.0. The van der Waals surface area contributed by atoms with Crippen LogP contribution in [0.2, 0.25) is 0 Å². The van der Waals surface area contributed by atoms with E-state index in [2.05, 4.69) is 59.7 Å². The van der Waals surface area contributed by atoms with E-state index in [1.165, 1.54) is 44.2 Å². The molecule has 0 bridgehead atoms. The van der Waals surface area contributed by atoms with Crippen molar-refractivity contribution in [3.8, 4) is 5.75 Å². The largest absolute Gasteiger partial charge is 0.491 e. The van der Waals surface area contributed by atoms with E-state index in [0.717, 1.165) is 23.8 Å². The molecule has 0 amide bonds. The summed E-state index contributed by atoms with van der Waals surface area (Å²) in [5.41, 5.74) is 2.31. The van der Waals surface area contributed by atoms with Crippen molar-refractivity contribution >= 4 is 5.96 Å². The number of nitrogens with one attached hydrogen (secondary N) is 2. The van der Waals surface area contributed by atoms with E-state index < -0.39 is 0 Å². The second-order valence-electron chi connectivity index (χ2n) is 7.58. The number of rotatable bonds is 15. The third kappa shape index (κ3) is 12.4. The maximum absolute atomic E-state index is 5.92. The molecule has 2 N–H and O–H groups in total. The van der Waals surface area contributed by atoms with Crippen molar-refractivity contribution in [3.63, 3.8) is 0 Å². The summed E-state index contributed by atoms with van der Waals surface area (Å²) in [7, 11) is 6.08. The Hall–Kier alpha value is -1.79. The van der Waals surface area contributed by atoms with Crippen LogP contribution < -0.4 is 15.4 Å². The summed E-state index contributed by atoms with van der Waals surface area (Å²) in [5, 5.41) is 6.80. The summed E-state index contributed by atoms with van der Waals surface area (Å²) in [6.07, 6.45) is 6.32. The smallest absolute Gasteiger partial charge is 0.191 e. The van der Waals surface area contributed by atoms with Gasteiger partial charge < -0.3 is 25.0 Å². The third-order valence-corrected chi connectivity index (χ3v) is 4.66. The molecular formula is C23H42N4O2. The van der Waals surface area contributed by atoms with E-state index in [0.29, 0.717) is 26.4 Å². The molecule has 0 saturated heterocycles. The molecule has 0 aliphatic rings. The number of hydrogen-bond acceptors (Lipinski definition) is 4. The monoisotopic (exact) mass is 406 g/mol. The van der Waals surface area contributed by atoms with E-state index in [4.69, 9.17) is 9.47 Å². The Bertz CT molecular complexity index is 576. The fourth-order valence-electron chi connectivity index (χ4n) is 2.99. The van der Waals surface area contributed by atoms with Crippen LogP contribution in [0.3, 0.4) is 0 Å². The van der Waals surface area contributed by atoms with E-state index in [1.807, 2.05) is 14.0 Å². The zero-order valence-corrected chi connectivity index (χ0v) is 19.2. The molecule has 0 heterocycles. The van der Waals surface area contributed by atoms with Crippen LogP contribution >= 0.6 is 0 Å². The first-order chi connectivity index (χ1) is 14.1. The number of benzene rings is 1. The highest BCUT2D eigenvalue weighted by Crippen LogP contribution is 2.20. The summed E-state index contributed by atoms with van der Waals surface area (Å²) in [4.78, 5) is 6.58. The summed E-state index contributed by atoms with van der Waals surface area (Å²) in [6, 6.07) is 6.30. The second-order valence-corrected chi connectivity index (χ2v) is 7.58. The number of guanidine groups is 1. The molecular weight excluding hydrogens is 364 g/mol. The summed E-state index contributed by atoms with van der Waals surface area (Å²) >= 11 is 0. The molecule has 0 radical (unpaired) electrons. The number of nitrogens with zero attached hydrogens (tertiary/aromatic N) is 2. The van der Waals surface area contributed by atoms with Gasteiger partial charge in [0.05, 0.1) is 6.61 Å². The molecule has 0 spiro atoms. The van der Waals surface area contributed by atoms with Gasteiger partial charge in [0.1, 0.15) is 12.4 Å². The normalized spacial score (nSPS) is 11.7. The Balaban J connectivity index is 2.31. The molecule has 6 heteroatoms. The lowest BCUT2D eigenvalue weighted by Gasteiger charge is -2.15. The van der Waals surface area contributed by atoms with Crippen LogP contribution in [0.25, 0.3) is 0 Å². The molecule has 1 rings (SSSR count). The molecule has 0 fully saturated rings. The van der Waals surface area contributed by atoms with Crippen molar-refractivity contribution in [2.24, 2.45) is 4.99 Å². The summed E-state index contributed by atoms with van der Waals surface area (Å²) in [5.74, 6) is 1.74. The van der Waals surface area contributed by atoms with Crippen LogP contribution in [-0.4, -0.2) is 64.9 Å². The van der Waals surface area contributed by atoms with Gasteiger partial charge in [-0.1, -0.05) is 31.4 Å². The highest BCUT2D eigenvalue weighted by atomic mass is 16.5. The predicted octanol–water partition coefficient (Wildman–Crippen LogP) is 3.59. The van der Waals surface area contributed by atoms with Crippen LogP contribution in [0.5, 0.6) is 5.75 Å². The zero-order chi connectivity index (χ0) is 21.3. The van der Waals surface area contributed by atoms with Crippen molar-refractivity contribution < 1.29 is 9.47 Å². The van der Waals surface area contributed by atoms with Gasteiger partial charge in [-0.2, -0.15) is 0 Å². The Morgan fingerprint density at radius 2 is 1.79 bits per heavy atom. The fraction of sp³-hybridized carbons (Fsp3) is 0.696. The number of unbranched alkanes of at least 4 members (excludes halogenated alkanes) is 4. The van der Waals surface area contributed by atoms with Crippen molar-refractivity contribution in [3.05, 3.63) is 29.3 Å². The number of hydrogen-bond donors (Lipinski definition) is 2. The fourth-order valence-corrected chi connectivity index (χ4v) is 2.99. The quantitative estimate of drug-likeness (QED) is 0.265. The van der Waals surface area contributed by atoms with Gasteiger partial charge in [-0.25, -0.2) is 0 Å². The average Bonchev–Trinajstić information content (AvgIpc) is 2.70. The number of ether oxygens (including phenoxy) is 2. The van der Waals surface area contributed by atoms with Gasteiger partial charge >= 0.3 is 0 Å². The van der Waals surface area contributed by atoms with E-state index in [1.54, 1.807) is 0 Å². The molecule has 166 valence electrons. The summed E-state index contributed by atoms with van der Waals surface area (Å²) in [6.45, 7) is 8.75. The maximum Gasteiger partial charge on any atom is 0.191 e. The van der Waals surface area contributed by atoms with Crippen LogP contribution in [0.1, 0.15) is 50.2 Å². The Morgan fingerprint density at radius 1 is 1.03 bits per heavy atom. The van der Waals surface area contributed by atoms with Crippen LogP contribution in [0.4, 0.5) is 0 Å². The molecule has 1 aromatic carbocycles. The van der Waals surface area contributed by atoms with Crippen LogP contribution in [0.15, 0.2) is 23.2 Å². The van der Waals surface area contributed by atoms with Gasteiger partial charge in [0.15, 0.2) is 5.96 Å². The van der Waals surface area contributed by atoms with Gasteiger partial charge in [0, 0.05) is 32.3 Å². The molecule has 0 aromatic heterocycles. The molecule has 1 aromatic rings. The lowest BCUT2D eigenvalue weighted by Crippen LogP contribution is -2.37. The number of aryl methyl sites for hydroxylation is 1. The van der Waals surface area contributed by atoms with Gasteiger partial charge in [-0.3, -0.25) is 4.99 Å². The molecule has 0 aliphatic carbocycles. The molecule has 0 atom stereocenters. The standard InChI is InChI=1S/C23H42N4O2/c1-6-28-16-17-29-22-18-20(2)12-13-21(22)19-26-23(24-3)25-14-10-8-7-9-11-15-27(4)5/h12-13,18H,6-11,14-17,19H2,1-5H3,(H2,24,25,26). The summed E-state index contributed by atoms with van der Waals surface area (Å²) < 4.78 is 11.3. The third-order valence-electron chi connectivity index (χ3n) is 4.66. The second kappa shape index (κ2) is 16.1. The van der Waals surface area contributed by atoms with E-state index in [-0.39, 0.29) is 0 Å². The first-order valence-corrected chi connectivity index (χ1v) is 11.0. The number of aliphatic imine (C=N–C) groups is 1. The van der Waals surface area contributed by atoms with Crippen molar-refractivity contribution in [2.45, 2.75) is 52.5 Å². The zero-order valence-electron chi connectivity index (χ0n) is 19.2. The van der Waals surface area contributed by atoms with Crippen molar-refractivity contribution in [2.75, 3.05) is 54.1 Å². The molecule has 29 heavy (non-hydrogen) atoms. The highest BCUT2D eigenvalue weighted by molar-refractivity contribution is 5.79. The SMILES string of the molecule is CCOCCOc1cc(C)ccc1CNC(=NC)NCCCCCCCN(C)C. The molecule has 0 unspecified atom stereocenters. The van der Waals surface area contributed by atoms with E-state index in [9.17, 15) is 0 Å². The lowest BCUT2D eigenvalue weighted by atomic mass is 10.1. The average molecular weight is 407 g/mol. The van der Waals surface area contributed by atoms with Gasteiger partial charge in [-0.15, -0.1) is 0 Å². The minimum atomic E-state index is 0.561. The molecule has 0 saturated carbocycles. The molecule has 6 nitrogen and oxygen atoms in total. The van der Waals surface area contributed by atoms with Crippen molar-refractivity contribution in [1.82, 2.24) is 15.5 Å². The van der Waals surface area contributed by atoms with Crippen LogP contribution in [-0.2, 0) is 11.3 Å². The minimum absolute atomic E-state index is 0.561. The topological polar surface area (TPSA) is 58.1 Å². The Labute approximate surface area is 178 Å². The van der Waals surface area contributed by atoms with Crippen LogP contribution in [0, 0.1) is 6.92 Å². The van der Waals surface area contributed by atoms with E-state index >= 15 is 0 Å².